The van der Waals surface area contributed by atoms with Gasteiger partial charge in [0.2, 0.25) is 5.91 Å². The number of likely N-dealkylation sites (tertiary alicyclic amines) is 1. The maximum Gasteiger partial charge on any atom is 0.251 e. The molecule has 5 heteroatoms. The van der Waals surface area contributed by atoms with Gasteiger partial charge >= 0.3 is 0 Å². The number of rotatable bonds is 4. The molecule has 3 rings (SSSR count). The molecule has 1 atom stereocenters. The Bertz CT molecular complexity index is 728. The van der Waals surface area contributed by atoms with Gasteiger partial charge in [-0.25, -0.2) is 0 Å². The molecule has 2 amide bonds. The van der Waals surface area contributed by atoms with Crippen LogP contribution in [0.25, 0.3) is 11.1 Å². The average Bonchev–Trinajstić information content (AvgIpc) is 2.66. The van der Waals surface area contributed by atoms with Crippen molar-refractivity contribution in [2.24, 2.45) is 0 Å². The number of amides is 2. The minimum atomic E-state index is -0.459. The highest BCUT2D eigenvalue weighted by Gasteiger charge is 2.22. The van der Waals surface area contributed by atoms with Gasteiger partial charge in [-0.2, -0.15) is 0 Å². The van der Waals surface area contributed by atoms with E-state index in [0.29, 0.717) is 18.7 Å². The molecule has 0 spiro atoms. The van der Waals surface area contributed by atoms with Crippen LogP contribution >= 0.6 is 0 Å². The van der Waals surface area contributed by atoms with E-state index >= 15 is 0 Å². The summed E-state index contributed by atoms with van der Waals surface area (Å²) in [5, 5.41) is 12.3. The standard InChI is InChI=1S/C20H22N2O3/c23-18-7-4-12-22(14-18)19(24)13-21-20(25)17-10-8-16(9-11-17)15-5-2-1-3-6-15/h1-3,5-6,8-11,18,23H,4,7,12-14H2,(H,21,25). The van der Waals surface area contributed by atoms with Crippen molar-refractivity contribution >= 4 is 11.8 Å². The summed E-state index contributed by atoms with van der Waals surface area (Å²) >= 11 is 0. The fourth-order valence-corrected chi connectivity index (χ4v) is 3.00. The zero-order chi connectivity index (χ0) is 17.6. The van der Waals surface area contributed by atoms with Crippen molar-refractivity contribution in [2.45, 2.75) is 18.9 Å². The molecule has 2 aromatic rings. The van der Waals surface area contributed by atoms with E-state index in [1.807, 2.05) is 42.5 Å². The molecule has 2 aromatic carbocycles. The highest BCUT2D eigenvalue weighted by Crippen LogP contribution is 2.19. The normalized spacial score (nSPS) is 17.2. The van der Waals surface area contributed by atoms with Crippen LogP contribution in [0.4, 0.5) is 0 Å². The topological polar surface area (TPSA) is 69.6 Å². The fourth-order valence-electron chi connectivity index (χ4n) is 3.00. The van der Waals surface area contributed by atoms with Gasteiger partial charge < -0.3 is 15.3 Å². The van der Waals surface area contributed by atoms with Gasteiger partial charge in [0.05, 0.1) is 12.6 Å². The summed E-state index contributed by atoms with van der Waals surface area (Å²) in [6.45, 7) is 0.935. The third kappa shape index (κ3) is 4.45. The molecule has 1 aliphatic heterocycles. The largest absolute Gasteiger partial charge is 0.391 e. The van der Waals surface area contributed by atoms with Crippen LogP contribution in [-0.2, 0) is 4.79 Å². The van der Waals surface area contributed by atoms with Crippen molar-refractivity contribution in [3.63, 3.8) is 0 Å². The van der Waals surface area contributed by atoms with Gasteiger partial charge in [-0.05, 0) is 36.1 Å². The number of benzene rings is 2. The molecular formula is C20H22N2O3. The summed E-state index contributed by atoms with van der Waals surface area (Å²) in [4.78, 5) is 25.9. The lowest BCUT2D eigenvalue weighted by Crippen LogP contribution is -2.46. The van der Waals surface area contributed by atoms with E-state index < -0.39 is 6.10 Å². The van der Waals surface area contributed by atoms with E-state index in [1.54, 1.807) is 17.0 Å². The lowest BCUT2D eigenvalue weighted by Gasteiger charge is -2.30. The van der Waals surface area contributed by atoms with Crippen LogP contribution in [0.2, 0.25) is 0 Å². The van der Waals surface area contributed by atoms with Crippen LogP contribution in [0, 0.1) is 0 Å². The SMILES string of the molecule is O=C(NCC(=O)N1CCCC(O)C1)c1ccc(-c2ccccc2)cc1. The number of nitrogens with one attached hydrogen (secondary N) is 1. The molecule has 1 unspecified atom stereocenters. The van der Waals surface area contributed by atoms with Crippen LogP contribution in [-0.4, -0.2) is 47.6 Å². The third-order valence-corrected chi connectivity index (χ3v) is 4.40. The molecule has 2 N–H and O–H groups in total. The number of nitrogens with zero attached hydrogens (tertiary/aromatic N) is 1. The first-order valence-electron chi connectivity index (χ1n) is 8.53. The minimum Gasteiger partial charge on any atom is -0.391 e. The van der Waals surface area contributed by atoms with E-state index in [-0.39, 0.29) is 18.4 Å². The summed E-state index contributed by atoms with van der Waals surface area (Å²) in [5.41, 5.74) is 2.65. The lowest BCUT2D eigenvalue weighted by molar-refractivity contribution is -0.133. The number of aliphatic hydroxyl groups excluding tert-OH is 1. The second-order valence-electron chi connectivity index (χ2n) is 6.26. The molecule has 1 saturated heterocycles. The van der Waals surface area contributed by atoms with Crippen molar-refractivity contribution in [1.82, 2.24) is 10.2 Å². The second kappa shape index (κ2) is 7.94. The summed E-state index contributed by atoms with van der Waals surface area (Å²) in [6.07, 6.45) is 1.06. The quantitative estimate of drug-likeness (QED) is 0.897. The first-order chi connectivity index (χ1) is 12.1. The predicted molar refractivity (Wildman–Crippen MR) is 96.0 cm³/mol. The van der Waals surface area contributed by atoms with Crippen molar-refractivity contribution in [3.8, 4) is 11.1 Å². The lowest BCUT2D eigenvalue weighted by atomic mass is 10.0. The Morgan fingerprint density at radius 3 is 2.40 bits per heavy atom. The van der Waals surface area contributed by atoms with E-state index in [4.69, 9.17) is 0 Å². The Kier molecular flexibility index (Phi) is 5.46. The maximum atomic E-state index is 12.2. The van der Waals surface area contributed by atoms with Crippen LogP contribution < -0.4 is 5.32 Å². The number of aliphatic hydroxyl groups is 1. The van der Waals surface area contributed by atoms with Crippen molar-refractivity contribution in [1.29, 1.82) is 0 Å². The molecule has 1 heterocycles. The molecule has 0 bridgehead atoms. The Hall–Kier alpha value is -2.66. The Labute approximate surface area is 147 Å². The van der Waals surface area contributed by atoms with Gasteiger partial charge in [0.25, 0.3) is 5.91 Å². The summed E-state index contributed by atoms with van der Waals surface area (Å²) in [6, 6.07) is 17.2. The summed E-state index contributed by atoms with van der Waals surface area (Å²) in [5.74, 6) is -0.432. The molecule has 0 aliphatic carbocycles. The van der Waals surface area contributed by atoms with Crippen molar-refractivity contribution < 1.29 is 14.7 Å². The zero-order valence-electron chi connectivity index (χ0n) is 14.0. The van der Waals surface area contributed by atoms with Gasteiger partial charge in [0.15, 0.2) is 0 Å². The highest BCUT2D eigenvalue weighted by molar-refractivity contribution is 5.96. The van der Waals surface area contributed by atoms with Gasteiger partial charge in [-0.3, -0.25) is 9.59 Å². The molecule has 1 aliphatic rings. The average molecular weight is 338 g/mol. The minimum absolute atomic E-state index is 0.0496. The Morgan fingerprint density at radius 1 is 1.04 bits per heavy atom. The fraction of sp³-hybridized carbons (Fsp3) is 0.300. The van der Waals surface area contributed by atoms with Gasteiger partial charge in [-0.15, -0.1) is 0 Å². The summed E-state index contributed by atoms with van der Waals surface area (Å²) < 4.78 is 0. The highest BCUT2D eigenvalue weighted by atomic mass is 16.3. The van der Waals surface area contributed by atoms with Gasteiger partial charge in [0.1, 0.15) is 0 Å². The molecule has 0 radical (unpaired) electrons. The maximum absolute atomic E-state index is 12.2. The van der Waals surface area contributed by atoms with E-state index in [2.05, 4.69) is 5.32 Å². The molecule has 5 nitrogen and oxygen atoms in total. The van der Waals surface area contributed by atoms with Crippen molar-refractivity contribution in [3.05, 3.63) is 60.2 Å². The van der Waals surface area contributed by atoms with Crippen LogP contribution in [0.15, 0.2) is 54.6 Å². The zero-order valence-corrected chi connectivity index (χ0v) is 14.0. The first-order valence-corrected chi connectivity index (χ1v) is 8.53. The molecule has 0 aromatic heterocycles. The number of carbonyl (C=O) groups excluding carboxylic acids is 2. The van der Waals surface area contributed by atoms with Crippen molar-refractivity contribution in [2.75, 3.05) is 19.6 Å². The smallest absolute Gasteiger partial charge is 0.251 e. The number of hydrogen-bond acceptors (Lipinski definition) is 3. The predicted octanol–water partition coefficient (Wildman–Crippen LogP) is 2.07. The Morgan fingerprint density at radius 2 is 1.72 bits per heavy atom. The van der Waals surface area contributed by atoms with Crippen LogP contribution in [0.1, 0.15) is 23.2 Å². The number of hydrogen-bond donors (Lipinski definition) is 2. The first kappa shape index (κ1) is 17.2. The van der Waals surface area contributed by atoms with Gasteiger partial charge in [-0.1, -0.05) is 42.5 Å². The molecule has 1 fully saturated rings. The van der Waals surface area contributed by atoms with Crippen LogP contribution in [0.3, 0.4) is 0 Å². The second-order valence-corrected chi connectivity index (χ2v) is 6.26. The number of β-amino-alcohol motifs (C(OH)–C–C–N with tert-alkyl or cyclic N) is 1. The van der Waals surface area contributed by atoms with E-state index in [0.717, 1.165) is 24.0 Å². The van der Waals surface area contributed by atoms with Gasteiger partial charge in [0, 0.05) is 18.7 Å². The van der Waals surface area contributed by atoms with Crippen LogP contribution in [0.5, 0.6) is 0 Å². The number of carbonyl (C=O) groups is 2. The molecule has 25 heavy (non-hydrogen) atoms. The molecule has 0 saturated carbocycles. The van der Waals surface area contributed by atoms with E-state index in [9.17, 15) is 14.7 Å². The Balaban J connectivity index is 1.55. The summed E-state index contributed by atoms with van der Waals surface area (Å²) in [7, 11) is 0. The molecule has 130 valence electrons. The third-order valence-electron chi connectivity index (χ3n) is 4.40. The monoisotopic (exact) mass is 338 g/mol. The molecular weight excluding hydrogens is 316 g/mol. The number of piperidine rings is 1. The van der Waals surface area contributed by atoms with E-state index in [1.165, 1.54) is 0 Å².